The third-order valence-electron chi connectivity index (χ3n) is 9.37. The van der Waals surface area contributed by atoms with Crippen LogP contribution in [0.3, 0.4) is 0 Å². The van der Waals surface area contributed by atoms with Gasteiger partial charge in [-0.2, -0.15) is 0 Å². The number of halogens is 2. The van der Waals surface area contributed by atoms with Crippen LogP contribution in [0.5, 0.6) is 5.88 Å². The normalized spacial score (nSPS) is 17.2. The van der Waals surface area contributed by atoms with Crippen molar-refractivity contribution in [1.29, 1.82) is 0 Å². The number of aromatic nitrogens is 3. The van der Waals surface area contributed by atoms with Gasteiger partial charge in [-0.05, 0) is 36.6 Å². The van der Waals surface area contributed by atoms with Crippen LogP contribution in [0, 0.1) is 0 Å². The van der Waals surface area contributed by atoms with E-state index in [0.717, 1.165) is 40.6 Å². The molecule has 2 atom stereocenters. The Morgan fingerprint density at radius 2 is 1.45 bits per heavy atom. The van der Waals surface area contributed by atoms with Gasteiger partial charge in [0.15, 0.2) is 0 Å². The lowest BCUT2D eigenvalue weighted by atomic mass is 9.97. The zero-order valence-corrected chi connectivity index (χ0v) is 29.5. The summed E-state index contributed by atoms with van der Waals surface area (Å²) in [5.41, 5.74) is 6.29. The number of pyridine rings is 2. The number of hydrogen-bond acceptors (Lipinski definition) is 8. The lowest BCUT2D eigenvalue weighted by Crippen LogP contribution is -2.36. The highest BCUT2D eigenvalue weighted by Crippen LogP contribution is 2.42. The minimum atomic E-state index is -0.103. The second-order valence-corrected chi connectivity index (χ2v) is 13.5. The molecule has 2 aromatic carbocycles. The fraction of sp³-hybridized carbons (Fsp3) is 0.289. The van der Waals surface area contributed by atoms with Gasteiger partial charge in [0.25, 0.3) is 5.56 Å². The molecule has 0 unspecified atom stereocenters. The number of carbonyl (C=O) groups excluding carboxylic acids is 2. The number of ether oxygens (including phenoxy) is 1. The highest BCUT2D eigenvalue weighted by Gasteiger charge is 2.22. The molecule has 7 rings (SSSR count). The molecule has 51 heavy (non-hydrogen) atoms. The monoisotopic (exact) mass is 725 g/mol. The molecule has 3 aromatic heterocycles. The summed E-state index contributed by atoms with van der Waals surface area (Å²) < 4.78 is 7.21. The topological polar surface area (TPSA) is 139 Å². The third-order valence-corrected chi connectivity index (χ3v) is 10.2. The van der Waals surface area contributed by atoms with Crippen molar-refractivity contribution in [2.24, 2.45) is 0 Å². The zero-order valence-electron chi connectivity index (χ0n) is 28.0. The van der Waals surface area contributed by atoms with Gasteiger partial charge in [0, 0.05) is 90.6 Å². The Labute approximate surface area is 304 Å². The van der Waals surface area contributed by atoms with Crippen LogP contribution in [-0.4, -0.2) is 58.5 Å². The van der Waals surface area contributed by atoms with Crippen molar-refractivity contribution in [1.82, 2.24) is 35.6 Å². The first-order valence-electron chi connectivity index (χ1n) is 16.9. The van der Waals surface area contributed by atoms with Gasteiger partial charge in [0.2, 0.25) is 17.7 Å². The molecule has 2 saturated heterocycles. The number of rotatable bonds is 12. The molecule has 11 nitrogen and oxygen atoms in total. The Bertz CT molecular complexity index is 2190. The summed E-state index contributed by atoms with van der Waals surface area (Å²) in [6, 6.07) is 19.3. The number of amides is 2. The summed E-state index contributed by atoms with van der Waals surface area (Å²) in [6.45, 7) is 2.09. The number of nitrogens with zero attached hydrogens (tertiary/aromatic N) is 3. The largest absolute Gasteiger partial charge is 0.480 e. The minimum Gasteiger partial charge on any atom is -0.480 e. The van der Waals surface area contributed by atoms with Crippen LogP contribution >= 0.6 is 23.2 Å². The fourth-order valence-electron chi connectivity index (χ4n) is 6.66. The first-order valence-corrected chi connectivity index (χ1v) is 17.7. The Hall–Kier alpha value is -4.81. The maximum atomic E-state index is 13.3. The molecule has 2 aliphatic rings. The van der Waals surface area contributed by atoms with E-state index in [-0.39, 0.29) is 29.5 Å². The smallest absolute Gasteiger partial charge is 0.259 e. The van der Waals surface area contributed by atoms with Crippen LogP contribution in [0.4, 0.5) is 0 Å². The Morgan fingerprint density at radius 3 is 2.10 bits per heavy atom. The van der Waals surface area contributed by atoms with E-state index >= 15 is 0 Å². The van der Waals surface area contributed by atoms with Gasteiger partial charge in [0.1, 0.15) is 5.69 Å². The maximum absolute atomic E-state index is 13.3. The number of benzene rings is 2. The molecular formula is C38H37Cl2N7O4. The van der Waals surface area contributed by atoms with Gasteiger partial charge in [-0.15, -0.1) is 0 Å². The summed E-state index contributed by atoms with van der Waals surface area (Å²) in [5.74, 6) is 0.534. The van der Waals surface area contributed by atoms with Crippen molar-refractivity contribution in [3.8, 4) is 39.4 Å². The van der Waals surface area contributed by atoms with Gasteiger partial charge < -0.3 is 26.0 Å². The minimum absolute atomic E-state index is 0.0708. The molecule has 0 bridgehead atoms. The summed E-state index contributed by atoms with van der Waals surface area (Å²) in [5, 5.41) is 13.5. The van der Waals surface area contributed by atoms with Crippen molar-refractivity contribution in [2.75, 3.05) is 20.2 Å². The molecule has 0 saturated carbocycles. The maximum Gasteiger partial charge on any atom is 0.259 e. The lowest BCUT2D eigenvalue weighted by Gasteiger charge is -2.15. The van der Waals surface area contributed by atoms with Crippen LogP contribution in [0.25, 0.3) is 39.0 Å². The predicted molar refractivity (Wildman–Crippen MR) is 198 cm³/mol. The summed E-state index contributed by atoms with van der Waals surface area (Å²) in [6.07, 6.45) is 6.15. The van der Waals surface area contributed by atoms with Crippen LogP contribution in [0.15, 0.2) is 77.9 Å². The van der Waals surface area contributed by atoms with Gasteiger partial charge in [-0.25, -0.2) is 4.98 Å². The van der Waals surface area contributed by atoms with E-state index in [2.05, 4.69) is 26.3 Å². The third kappa shape index (κ3) is 7.48. The van der Waals surface area contributed by atoms with Crippen LogP contribution < -0.4 is 31.6 Å². The van der Waals surface area contributed by atoms with Gasteiger partial charge in [0.05, 0.1) is 29.0 Å². The van der Waals surface area contributed by atoms with Gasteiger partial charge in [-0.3, -0.25) is 23.8 Å². The molecular weight excluding hydrogens is 689 g/mol. The highest BCUT2D eigenvalue weighted by atomic mass is 35.5. The summed E-state index contributed by atoms with van der Waals surface area (Å²) in [7, 11) is 1.55. The van der Waals surface area contributed by atoms with E-state index in [4.69, 9.17) is 32.9 Å². The summed E-state index contributed by atoms with van der Waals surface area (Å²) >= 11 is 14.2. The van der Waals surface area contributed by atoms with Crippen LogP contribution in [0.2, 0.25) is 10.0 Å². The molecule has 0 radical (unpaired) electrons. The van der Waals surface area contributed by atoms with Crippen molar-refractivity contribution in [2.45, 2.75) is 50.9 Å². The number of hydrogen-bond donors (Lipinski definition) is 4. The number of methoxy groups -OCH3 is 1. The Kier molecular flexibility index (Phi) is 10.3. The second-order valence-electron chi connectivity index (χ2n) is 12.8. The number of carbonyl (C=O) groups is 2. The van der Waals surface area contributed by atoms with E-state index < -0.39 is 0 Å². The van der Waals surface area contributed by atoms with Crippen molar-refractivity contribution in [3.63, 3.8) is 0 Å². The van der Waals surface area contributed by atoms with Crippen LogP contribution in [-0.2, 0) is 22.7 Å². The van der Waals surface area contributed by atoms with Crippen molar-refractivity contribution < 1.29 is 14.3 Å². The first kappa shape index (κ1) is 34.6. The molecule has 13 heteroatoms. The molecule has 2 amide bonds. The molecule has 4 N–H and O–H groups in total. The average Bonchev–Trinajstić information content (AvgIpc) is 3.76. The zero-order chi connectivity index (χ0) is 35.5. The average molecular weight is 727 g/mol. The molecule has 2 aliphatic heterocycles. The lowest BCUT2D eigenvalue weighted by molar-refractivity contribution is -0.120. The standard InChI is InChI=1S/C38H37Cl2N7O4/c1-51-37-32(20-42-19-25-10-13-34(49)45-25)43-21-31(46-37)30-7-3-6-29(36(30)40)28-5-2-4-27(35(28)39)22-14-15-47-26(16-22)11-8-23(38(47)50)17-41-18-24-9-12-33(48)44-24/h2-8,11,14-16,21,24-25,41-42H,9-10,12-13,17-20H2,1H3,(H,44,48)(H,45,49)/t24-,25-/m1/s1. The van der Waals surface area contributed by atoms with Crippen LogP contribution in [0.1, 0.15) is 36.9 Å². The molecule has 5 heterocycles. The van der Waals surface area contributed by atoms with Crippen molar-refractivity contribution >= 4 is 40.5 Å². The summed E-state index contributed by atoms with van der Waals surface area (Å²) in [4.78, 5) is 45.6. The van der Waals surface area contributed by atoms with E-state index in [0.29, 0.717) is 77.5 Å². The predicted octanol–water partition coefficient (Wildman–Crippen LogP) is 5.14. The molecule has 2 fully saturated rings. The molecule has 262 valence electrons. The van der Waals surface area contributed by atoms with E-state index in [9.17, 15) is 14.4 Å². The quantitative estimate of drug-likeness (QED) is 0.139. The number of fused-ring (bicyclic) bond motifs is 1. The Balaban J connectivity index is 1.10. The SMILES string of the molecule is COc1nc(-c2cccc(-c3cccc(-c4ccn5c(=O)c(CNC[C@H]6CCC(=O)N6)ccc5c4)c3Cl)c2Cl)cnc1CNC[C@H]1CCC(=O)N1. The van der Waals surface area contributed by atoms with E-state index in [1.165, 1.54) is 0 Å². The highest BCUT2D eigenvalue weighted by molar-refractivity contribution is 6.39. The molecule has 0 spiro atoms. The second kappa shape index (κ2) is 15.2. The molecule has 0 aliphatic carbocycles. The van der Waals surface area contributed by atoms with Crippen molar-refractivity contribution in [3.05, 3.63) is 105 Å². The van der Waals surface area contributed by atoms with E-state index in [1.807, 2.05) is 60.7 Å². The Morgan fingerprint density at radius 1 is 0.824 bits per heavy atom. The number of nitrogens with one attached hydrogen (secondary N) is 4. The van der Waals surface area contributed by atoms with Gasteiger partial charge >= 0.3 is 0 Å². The van der Waals surface area contributed by atoms with Gasteiger partial charge in [-0.1, -0.05) is 65.7 Å². The first-order chi connectivity index (χ1) is 24.8. The molecule has 5 aromatic rings. The fourth-order valence-corrected chi connectivity index (χ4v) is 7.33. The van der Waals surface area contributed by atoms with E-state index in [1.54, 1.807) is 23.9 Å².